The van der Waals surface area contributed by atoms with E-state index in [2.05, 4.69) is 5.32 Å². The normalized spacial score (nSPS) is 11.1. The van der Waals surface area contributed by atoms with Crippen LogP contribution < -0.4 is 5.32 Å². The van der Waals surface area contributed by atoms with Crippen molar-refractivity contribution in [2.45, 2.75) is 59.0 Å². The van der Waals surface area contributed by atoms with Gasteiger partial charge in [-0.2, -0.15) is 0 Å². The Bertz CT molecular complexity index is 486. The van der Waals surface area contributed by atoms with Crippen LogP contribution in [0, 0.1) is 6.92 Å². The van der Waals surface area contributed by atoms with Crippen LogP contribution in [0.2, 0.25) is 0 Å². The van der Waals surface area contributed by atoms with Gasteiger partial charge in [-0.25, -0.2) is 4.79 Å². The molecule has 1 rings (SSSR count). The number of benzene rings is 1. The first kappa shape index (κ1) is 18.2. The number of alkyl carbamates (subject to hydrolysis) is 1. The summed E-state index contributed by atoms with van der Waals surface area (Å²) in [6.45, 7) is 8.09. The van der Waals surface area contributed by atoms with Gasteiger partial charge in [-0.15, -0.1) is 0 Å². The summed E-state index contributed by atoms with van der Waals surface area (Å²) in [5, 5.41) is 2.72. The van der Waals surface area contributed by atoms with Gasteiger partial charge in [0.1, 0.15) is 5.60 Å². The average molecular weight is 305 g/mol. The predicted molar refractivity (Wildman–Crippen MR) is 88.2 cm³/mol. The Hall–Kier alpha value is -1.84. The molecule has 22 heavy (non-hydrogen) atoms. The highest BCUT2D eigenvalue weighted by Gasteiger charge is 2.15. The Kier molecular flexibility index (Phi) is 7.09. The van der Waals surface area contributed by atoms with E-state index in [9.17, 15) is 9.59 Å². The molecule has 0 aliphatic heterocycles. The van der Waals surface area contributed by atoms with E-state index in [1.165, 1.54) is 0 Å². The number of hydrogen-bond donors (Lipinski definition) is 1. The fourth-order valence-electron chi connectivity index (χ4n) is 1.98. The molecule has 0 radical (unpaired) electrons. The van der Waals surface area contributed by atoms with Crippen LogP contribution in [0.4, 0.5) is 4.79 Å². The minimum Gasteiger partial charge on any atom is -0.444 e. The summed E-state index contributed by atoms with van der Waals surface area (Å²) in [5.74, 6) is 0.181. The molecule has 122 valence electrons. The van der Waals surface area contributed by atoms with Crippen molar-refractivity contribution in [2.75, 3.05) is 6.54 Å². The quantitative estimate of drug-likeness (QED) is 0.605. The van der Waals surface area contributed by atoms with Gasteiger partial charge in [0.2, 0.25) is 0 Å². The van der Waals surface area contributed by atoms with Crippen LogP contribution in [0.15, 0.2) is 24.3 Å². The number of Topliss-reactive ketones (excluding diaryl/α,β-unsaturated/α-hetero) is 1. The molecule has 0 heterocycles. The summed E-state index contributed by atoms with van der Waals surface area (Å²) in [6, 6.07) is 7.67. The monoisotopic (exact) mass is 305 g/mol. The summed E-state index contributed by atoms with van der Waals surface area (Å²) >= 11 is 0. The molecule has 4 nitrogen and oxygen atoms in total. The van der Waals surface area contributed by atoms with Crippen molar-refractivity contribution in [3.8, 4) is 0 Å². The van der Waals surface area contributed by atoms with Crippen molar-refractivity contribution >= 4 is 11.9 Å². The molecule has 1 aromatic carbocycles. The summed E-state index contributed by atoms with van der Waals surface area (Å²) in [7, 11) is 0. The first-order valence-electron chi connectivity index (χ1n) is 7.84. The van der Waals surface area contributed by atoms with Crippen molar-refractivity contribution in [3.63, 3.8) is 0 Å². The van der Waals surface area contributed by atoms with Gasteiger partial charge in [0.25, 0.3) is 0 Å². The molecule has 1 aromatic rings. The molecular weight excluding hydrogens is 278 g/mol. The lowest BCUT2D eigenvalue weighted by Crippen LogP contribution is -2.32. The number of ether oxygens (including phenoxy) is 1. The van der Waals surface area contributed by atoms with E-state index < -0.39 is 5.60 Å². The molecule has 0 saturated carbocycles. The van der Waals surface area contributed by atoms with Crippen LogP contribution >= 0.6 is 0 Å². The molecule has 4 heteroatoms. The fourth-order valence-corrected chi connectivity index (χ4v) is 1.98. The summed E-state index contributed by atoms with van der Waals surface area (Å²) in [5.41, 5.74) is 1.46. The molecule has 0 saturated heterocycles. The lowest BCUT2D eigenvalue weighted by molar-refractivity contribution is 0.0526. The molecule has 0 aromatic heterocycles. The highest BCUT2D eigenvalue weighted by Crippen LogP contribution is 2.10. The smallest absolute Gasteiger partial charge is 0.407 e. The number of ketones is 1. The number of carbonyl (C=O) groups is 2. The molecule has 0 aliphatic carbocycles. The Morgan fingerprint density at radius 2 is 1.68 bits per heavy atom. The van der Waals surface area contributed by atoms with E-state index >= 15 is 0 Å². The van der Waals surface area contributed by atoms with E-state index in [0.29, 0.717) is 13.0 Å². The lowest BCUT2D eigenvalue weighted by Gasteiger charge is -2.19. The van der Waals surface area contributed by atoms with Crippen LogP contribution in [0.1, 0.15) is 62.4 Å². The predicted octanol–water partition coefficient (Wildman–Crippen LogP) is 4.26. The first-order chi connectivity index (χ1) is 10.3. The highest BCUT2D eigenvalue weighted by molar-refractivity contribution is 5.96. The number of hydrogen-bond acceptors (Lipinski definition) is 3. The van der Waals surface area contributed by atoms with E-state index in [1.807, 2.05) is 52.0 Å². The minimum atomic E-state index is -0.468. The third kappa shape index (κ3) is 7.81. The van der Waals surface area contributed by atoms with Crippen LogP contribution in [0.25, 0.3) is 0 Å². The zero-order valence-corrected chi connectivity index (χ0v) is 14.1. The van der Waals surface area contributed by atoms with Crippen LogP contribution in [-0.2, 0) is 4.74 Å². The molecule has 0 spiro atoms. The third-order valence-electron chi connectivity index (χ3n) is 3.12. The van der Waals surface area contributed by atoms with Gasteiger partial charge in [-0.1, -0.05) is 36.2 Å². The average Bonchev–Trinajstić information content (AvgIpc) is 2.41. The van der Waals surface area contributed by atoms with Crippen molar-refractivity contribution in [2.24, 2.45) is 0 Å². The number of carbonyl (C=O) groups excluding carboxylic acids is 2. The van der Waals surface area contributed by atoms with Crippen LogP contribution in [-0.4, -0.2) is 24.0 Å². The lowest BCUT2D eigenvalue weighted by atomic mass is 10.0. The second-order valence-corrected chi connectivity index (χ2v) is 6.53. The topological polar surface area (TPSA) is 55.4 Å². The molecule has 1 N–H and O–H groups in total. The number of amides is 1. The molecule has 1 amide bonds. The molecule has 0 fully saturated rings. The van der Waals surface area contributed by atoms with E-state index in [1.54, 1.807) is 0 Å². The van der Waals surface area contributed by atoms with Crippen molar-refractivity contribution in [3.05, 3.63) is 35.4 Å². The van der Waals surface area contributed by atoms with Crippen molar-refractivity contribution in [1.82, 2.24) is 5.32 Å². The molecular formula is C18H27NO3. The van der Waals surface area contributed by atoms with E-state index in [4.69, 9.17) is 4.74 Å². The van der Waals surface area contributed by atoms with Crippen LogP contribution in [0.5, 0.6) is 0 Å². The van der Waals surface area contributed by atoms with Gasteiger partial charge >= 0.3 is 6.09 Å². The number of unbranched alkanes of at least 4 members (excludes halogenated alkanes) is 2. The highest BCUT2D eigenvalue weighted by atomic mass is 16.6. The van der Waals surface area contributed by atoms with Gasteiger partial charge < -0.3 is 10.1 Å². The van der Waals surface area contributed by atoms with Crippen molar-refractivity contribution in [1.29, 1.82) is 0 Å². The maximum absolute atomic E-state index is 12.0. The zero-order valence-electron chi connectivity index (χ0n) is 14.1. The number of rotatable bonds is 7. The summed E-state index contributed by atoms with van der Waals surface area (Å²) in [4.78, 5) is 23.4. The Balaban J connectivity index is 2.12. The minimum absolute atomic E-state index is 0.181. The van der Waals surface area contributed by atoms with Gasteiger partial charge in [0.05, 0.1) is 0 Å². The largest absolute Gasteiger partial charge is 0.444 e. The standard InChI is InChI=1S/C18H27NO3/c1-14-9-11-15(12-10-14)16(20)8-6-5-7-13-19-17(21)22-18(2,3)4/h9-12H,5-8,13H2,1-4H3,(H,19,21). The number of nitrogens with one attached hydrogen (secondary N) is 1. The van der Waals surface area contributed by atoms with Gasteiger partial charge in [0, 0.05) is 18.5 Å². The van der Waals surface area contributed by atoms with Gasteiger partial charge in [0.15, 0.2) is 5.78 Å². The maximum atomic E-state index is 12.0. The maximum Gasteiger partial charge on any atom is 0.407 e. The Labute approximate surface area is 133 Å². The zero-order chi connectivity index (χ0) is 16.6. The van der Waals surface area contributed by atoms with E-state index in [-0.39, 0.29) is 11.9 Å². The second kappa shape index (κ2) is 8.57. The van der Waals surface area contributed by atoms with Gasteiger partial charge in [-0.3, -0.25) is 4.79 Å². The Morgan fingerprint density at radius 3 is 2.27 bits per heavy atom. The first-order valence-corrected chi connectivity index (χ1v) is 7.84. The summed E-state index contributed by atoms with van der Waals surface area (Å²) in [6.07, 6.45) is 2.76. The third-order valence-corrected chi connectivity index (χ3v) is 3.12. The SMILES string of the molecule is Cc1ccc(C(=O)CCCCCNC(=O)OC(C)(C)C)cc1. The van der Waals surface area contributed by atoms with Crippen molar-refractivity contribution < 1.29 is 14.3 Å². The van der Waals surface area contributed by atoms with Crippen LogP contribution in [0.3, 0.4) is 0 Å². The second-order valence-electron chi connectivity index (χ2n) is 6.53. The molecule has 0 atom stereocenters. The molecule has 0 bridgehead atoms. The Morgan fingerprint density at radius 1 is 1.05 bits per heavy atom. The van der Waals surface area contributed by atoms with E-state index in [0.717, 1.165) is 30.4 Å². The summed E-state index contributed by atoms with van der Waals surface area (Å²) < 4.78 is 5.15. The molecule has 0 aliphatic rings. The van der Waals surface area contributed by atoms with Gasteiger partial charge in [-0.05, 0) is 40.5 Å². The molecule has 0 unspecified atom stereocenters. The fraction of sp³-hybridized carbons (Fsp3) is 0.556. The number of aryl methyl sites for hydroxylation is 1.